The fourth-order valence-corrected chi connectivity index (χ4v) is 3.85. The molecular formula is C22H29N3O4. The summed E-state index contributed by atoms with van der Waals surface area (Å²) in [6.07, 6.45) is 0. The third-order valence-electron chi connectivity index (χ3n) is 5.75. The van der Waals surface area contributed by atoms with Crippen molar-refractivity contribution in [1.29, 1.82) is 0 Å². The van der Waals surface area contributed by atoms with Crippen molar-refractivity contribution in [1.82, 2.24) is 9.80 Å². The van der Waals surface area contributed by atoms with Gasteiger partial charge in [0.15, 0.2) is 11.5 Å². The van der Waals surface area contributed by atoms with Gasteiger partial charge in [-0.25, -0.2) is 0 Å². The molecule has 0 aliphatic carbocycles. The molecule has 3 rings (SSSR count). The summed E-state index contributed by atoms with van der Waals surface area (Å²) in [5.41, 5.74) is 3.57. The first-order chi connectivity index (χ1) is 13.9. The van der Waals surface area contributed by atoms with Gasteiger partial charge in [-0.15, -0.1) is 0 Å². The first-order valence-electron chi connectivity index (χ1n) is 9.85. The molecule has 156 valence electrons. The van der Waals surface area contributed by atoms with Crippen LogP contribution in [0, 0.1) is 17.0 Å². The number of hydrogen-bond donors (Lipinski definition) is 0. The second-order valence-corrected chi connectivity index (χ2v) is 7.47. The molecule has 1 saturated heterocycles. The number of ether oxygens (including phenoxy) is 2. The van der Waals surface area contributed by atoms with Gasteiger partial charge in [0.25, 0.3) is 5.69 Å². The van der Waals surface area contributed by atoms with Crippen LogP contribution in [0.25, 0.3) is 0 Å². The van der Waals surface area contributed by atoms with Crippen LogP contribution in [0.4, 0.5) is 5.69 Å². The van der Waals surface area contributed by atoms with Gasteiger partial charge >= 0.3 is 0 Å². The molecule has 0 unspecified atom stereocenters. The van der Waals surface area contributed by atoms with E-state index in [4.69, 9.17) is 9.47 Å². The van der Waals surface area contributed by atoms with Crippen LogP contribution in [-0.4, -0.2) is 55.1 Å². The van der Waals surface area contributed by atoms with E-state index in [1.807, 2.05) is 12.1 Å². The van der Waals surface area contributed by atoms with E-state index in [9.17, 15) is 10.1 Å². The molecule has 1 aliphatic rings. The zero-order chi connectivity index (χ0) is 21.0. The Morgan fingerprint density at radius 3 is 2.34 bits per heavy atom. The van der Waals surface area contributed by atoms with Gasteiger partial charge in [-0.2, -0.15) is 0 Å². The quantitative estimate of drug-likeness (QED) is 0.521. The van der Waals surface area contributed by atoms with Gasteiger partial charge in [0.1, 0.15) is 0 Å². The summed E-state index contributed by atoms with van der Waals surface area (Å²) in [5.74, 6) is 1.51. The van der Waals surface area contributed by atoms with E-state index in [1.54, 1.807) is 32.4 Å². The van der Waals surface area contributed by atoms with Crippen molar-refractivity contribution in [3.63, 3.8) is 0 Å². The molecule has 7 nitrogen and oxygen atoms in total. The molecule has 1 atom stereocenters. The Kier molecular flexibility index (Phi) is 6.71. The van der Waals surface area contributed by atoms with Crippen molar-refractivity contribution in [3.05, 3.63) is 63.2 Å². The standard InChI is InChI=1S/C22H29N3O4/c1-16-12-21(28-3)22(29-4)14-19(16)15-23-8-10-24(11-9-23)17(2)18-6-5-7-20(13-18)25(26)27/h5-7,12-14,17H,8-11,15H2,1-4H3/t17-/m1/s1. The van der Waals surface area contributed by atoms with Crippen LogP contribution in [0.1, 0.15) is 29.7 Å². The first kappa shape index (κ1) is 21.1. The van der Waals surface area contributed by atoms with E-state index in [1.165, 1.54) is 11.1 Å². The van der Waals surface area contributed by atoms with Crippen molar-refractivity contribution in [2.75, 3.05) is 40.4 Å². The number of nitro benzene ring substituents is 1. The van der Waals surface area contributed by atoms with Crippen LogP contribution >= 0.6 is 0 Å². The molecule has 0 amide bonds. The van der Waals surface area contributed by atoms with Crippen LogP contribution in [0.15, 0.2) is 36.4 Å². The van der Waals surface area contributed by atoms with Crippen LogP contribution in [0.3, 0.4) is 0 Å². The highest BCUT2D eigenvalue weighted by Gasteiger charge is 2.23. The maximum Gasteiger partial charge on any atom is 0.269 e. The van der Waals surface area contributed by atoms with E-state index in [0.717, 1.165) is 49.8 Å². The van der Waals surface area contributed by atoms with E-state index in [0.29, 0.717) is 0 Å². The Balaban J connectivity index is 1.62. The Hall–Kier alpha value is -2.64. The maximum atomic E-state index is 11.1. The van der Waals surface area contributed by atoms with Crippen molar-refractivity contribution >= 4 is 5.69 Å². The highest BCUT2D eigenvalue weighted by atomic mass is 16.6. The molecule has 0 bridgehead atoms. The van der Waals surface area contributed by atoms with E-state index < -0.39 is 0 Å². The third kappa shape index (κ3) is 4.86. The average Bonchev–Trinajstić information content (AvgIpc) is 2.74. The molecule has 1 aliphatic heterocycles. The smallest absolute Gasteiger partial charge is 0.269 e. The van der Waals surface area contributed by atoms with E-state index >= 15 is 0 Å². The predicted octanol–water partition coefficient (Wildman–Crippen LogP) is 3.80. The summed E-state index contributed by atoms with van der Waals surface area (Å²) in [6, 6.07) is 11.2. The monoisotopic (exact) mass is 399 g/mol. The molecule has 0 saturated carbocycles. The maximum absolute atomic E-state index is 11.1. The number of nitro groups is 1. The molecule has 0 spiro atoms. The number of hydrogen-bond acceptors (Lipinski definition) is 6. The van der Waals surface area contributed by atoms with Gasteiger partial charge < -0.3 is 9.47 Å². The number of methoxy groups -OCH3 is 2. The Bertz CT molecular complexity index is 863. The lowest BCUT2D eigenvalue weighted by molar-refractivity contribution is -0.385. The molecule has 2 aromatic carbocycles. The largest absolute Gasteiger partial charge is 0.493 e. The molecule has 0 radical (unpaired) electrons. The van der Waals surface area contributed by atoms with Gasteiger partial charge in [-0.05, 0) is 42.7 Å². The van der Waals surface area contributed by atoms with Gasteiger partial charge in [0.05, 0.1) is 19.1 Å². The zero-order valence-corrected chi connectivity index (χ0v) is 17.6. The number of rotatable bonds is 7. The van der Waals surface area contributed by atoms with Crippen molar-refractivity contribution in [2.45, 2.75) is 26.4 Å². The van der Waals surface area contributed by atoms with Crippen molar-refractivity contribution in [3.8, 4) is 11.5 Å². The fourth-order valence-electron chi connectivity index (χ4n) is 3.85. The fraction of sp³-hybridized carbons (Fsp3) is 0.455. The second kappa shape index (κ2) is 9.24. The van der Waals surface area contributed by atoms with Gasteiger partial charge in [0.2, 0.25) is 0 Å². The van der Waals surface area contributed by atoms with Crippen LogP contribution in [0.2, 0.25) is 0 Å². The number of piperazine rings is 1. The molecule has 7 heteroatoms. The number of benzene rings is 2. The van der Waals surface area contributed by atoms with Crippen molar-refractivity contribution < 1.29 is 14.4 Å². The topological polar surface area (TPSA) is 68.1 Å². The SMILES string of the molecule is COc1cc(C)c(CN2CCN([C@H](C)c3cccc([N+](=O)[O-])c3)CC2)cc1OC. The number of aryl methyl sites for hydroxylation is 1. The lowest BCUT2D eigenvalue weighted by Crippen LogP contribution is -2.46. The molecule has 0 N–H and O–H groups in total. The zero-order valence-electron chi connectivity index (χ0n) is 17.6. The first-order valence-corrected chi connectivity index (χ1v) is 9.85. The number of nitrogens with zero attached hydrogens (tertiary/aromatic N) is 3. The minimum atomic E-state index is -0.334. The summed E-state index contributed by atoms with van der Waals surface area (Å²) in [7, 11) is 3.31. The minimum Gasteiger partial charge on any atom is -0.493 e. The molecule has 1 heterocycles. The predicted molar refractivity (Wildman–Crippen MR) is 113 cm³/mol. The molecule has 1 fully saturated rings. The summed E-state index contributed by atoms with van der Waals surface area (Å²) in [6.45, 7) is 8.84. The van der Waals surface area contributed by atoms with E-state index in [-0.39, 0.29) is 16.7 Å². The summed E-state index contributed by atoms with van der Waals surface area (Å²) in [4.78, 5) is 15.5. The third-order valence-corrected chi connectivity index (χ3v) is 5.75. The molecular weight excluding hydrogens is 370 g/mol. The normalized spacial score (nSPS) is 16.4. The average molecular weight is 399 g/mol. The van der Waals surface area contributed by atoms with Gasteiger partial charge in [-0.1, -0.05) is 12.1 Å². The number of non-ortho nitro benzene ring substituents is 1. The van der Waals surface area contributed by atoms with Crippen LogP contribution in [0.5, 0.6) is 11.5 Å². The minimum absolute atomic E-state index is 0.150. The molecule has 2 aromatic rings. The van der Waals surface area contributed by atoms with Crippen molar-refractivity contribution in [2.24, 2.45) is 0 Å². The lowest BCUT2D eigenvalue weighted by Gasteiger charge is -2.38. The Labute approximate surface area is 172 Å². The van der Waals surface area contributed by atoms with Gasteiger partial charge in [0, 0.05) is 50.9 Å². The van der Waals surface area contributed by atoms with Crippen LogP contribution < -0.4 is 9.47 Å². The second-order valence-electron chi connectivity index (χ2n) is 7.47. The Morgan fingerprint density at radius 2 is 1.72 bits per heavy atom. The van der Waals surface area contributed by atoms with Gasteiger partial charge in [-0.3, -0.25) is 19.9 Å². The Morgan fingerprint density at radius 1 is 1.07 bits per heavy atom. The van der Waals surface area contributed by atoms with E-state index in [2.05, 4.69) is 29.7 Å². The lowest BCUT2D eigenvalue weighted by atomic mass is 10.0. The summed E-state index contributed by atoms with van der Waals surface area (Å²) < 4.78 is 10.8. The molecule has 29 heavy (non-hydrogen) atoms. The highest BCUT2D eigenvalue weighted by Crippen LogP contribution is 2.31. The molecule has 0 aromatic heterocycles. The summed E-state index contributed by atoms with van der Waals surface area (Å²) in [5, 5.41) is 11.1. The summed E-state index contributed by atoms with van der Waals surface area (Å²) >= 11 is 0. The highest BCUT2D eigenvalue weighted by molar-refractivity contribution is 5.47. The van der Waals surface area contributed by atoms with Crippen LogP contribution in [-0.2, 0) is 6.54 Å².